The number of fused-ring (bicyclic) bond motifs is 1. The van der Waals surface area contributed by atoms with Crippen molar-refractivity contribution in [2.45, 2.75) is 26.1 Å². The lowest BCUT2D eigenvalue weighted by Gasteiger charge is -2.29. The summed E-state index contributed by atoms with van der Waals surface area (Å²) in [6, 6.07) is 13.5. The molecule has 3 aromatic rings. The average Bonchev–Trinajstić information content (AvgIpc) is 3.11. The van der Waals surface area contributed by atoms with Gasteiger partial charge in [0.2, 0.25) is 0 Å². The molecule has 0 atom stereocenters. The number of ether oxygens (including phenoxy) is 1. The summed E-state index contributed by atoms with van der Waals surface area (Å²) in [5.74, 6) is -0.295. The quantitative estimate of drug-likeness (QED) is 0.669. The monoisotopic (exact) mass is 412 g/mol. The van der Waals surface area contributed by atoms with Gasteiger partial charge in [-0.2, -0.15) is 0 Å². The summed E-state index contributed by atoms with van der Waals surface area (Å²) in [6.07, 6.45) is 0.873. The number of aromatic carboxylic acids is 1. The fourth-order valence-electron chi connectivity index (χ4n) is 3.61. The van der Waals surface area contributed by atoms with Gasteiger partial charge in [-0.1, -0.05) is 35.0 Å². The predicted molar refractivity (Wildman–Crippen MR) is 108 cm³/mol. The van der Waals surface area contributed by atoms with Crippen LogP contribution in [0.2, 0.25) is 5.02 Å². The third-order valence-corrected chi connectivity index (χ3v) is 5.40. The molecule has 0 aliphatic carbocycles. The number of carboxylic acid groups (broad SMARTS) is 1. The standard InChI is InChI=1S/C21H21ClN4O3/c1-29-18-6-2-14(3-7-18)11-26-19(20(21(27)28)23-24-26)13-25-9-8-15-10-17(22)5-4-16(15)12-25/h2-7,10H,8-9,11-13H2,1H3,(H,27,28). The van der Waals surface area contributed by atoms with Crippen molar-refractivity contribution >= 4 is 17.6 Å². The van der Waals surface area contributed by atoms with Crippen LogP contribution in [-0.2, 0) is 26.1 Å². The predicted octanol–water partition coefficient (Wildman–Crippen LogP) is 3.24. The average molecular weight is 413 g/mol. The number of halogens is 1. The van der Waals surface area contributed by atoms with Crippen LogP contribution in [0.3, 0.4) is 0 Å². The number of rotatable bonds is 6. The Balaban J connectivity index is 1.56. The molecule has 1 aromatic heterocycles. The fourth-order valence-corrected chi connectivity index (χ4v) is 3.81. The summed E-state index contributed by atoms with van der Waals surface area (Å²) in [5.41, 5.74) is 4.06. The van der Waals surface area contributed by atoms with Crippen molar-refractivity contribution in [2.75, 3.05) is 13.7 Å². The van der Waals surface area contributed by atoms with Crippen LogP contribution in [0.4, 0.5) is 0 Å². The maximum atomic E-state index is 11.7. The van der Waals surface area contributed by atoms with E-state index in [2.05, 4.69) is 15.2 Å². The Morgan fingerprint density at radius 3 is 2.69 bits per heavy atom. The Kier molecular flexibility index (Phi) is 5.51. The summed E-state index contributed by atoms with van der Waals surface area (Å²) in [6.45, 7) is 2.46. The molecule has 7 nitrogen and oxygen atoms in total. The number of hydrogen-bond donors (Lipinski definition) is 1. The summed E-state index contributed by atoms with van der Waals surface area (Å²) < 4.78 is 6.86. The molecule has 2 heterocycles. The third-order valence-electron chi connectivity index (χ3n) is 5.16. The van der Waals surface area contributed by atoms with Crippen LogP contribution >= 0.6 is 11.6 Å². The molecule has 0 saturated carbocycles. The van der Waals surface area contributed by atoms with Gasteiger partial charge >= 0.3 is 5.97 Å². The van der Waals surface area contributed by atoms with Crippen molar-refractivity contribution in [3.8, 4) is 5.75 Å². The van der Waals surface area contributed by atoms with Crippen molar-refractivity contribution in [1.82, 2.24) is 19.9 Å². The van der Waals surface area contributed by atoms with Crippen molar-refractivity contribution in [2.24, 2.45) is 0 Å². The lowest BCUT2D eigenvalue weighted by Crippen LogP contribution is -2.31. The Morgan fingerprint density at radius 2 is 1.97 bits per heavy atom. The van der Waals surface area contributed by atoms with E-state index >= 15 is 0 Å². The van der Waals surface area contributed by atoms with E-state index in [1.165, 1.54) is 11.1 Å². The van der Waals surface area contributed by atoms with Crippen molar-refractivity contribution in [3.05, 3.63) is 75.6 Å². The molecule has 0 radical (unpaired) electrons. The molecule has 150 valence electrons. The van der Waals surface area contributed by atoms with Crippen LogP contribution in [0, 0.1) is 0 Å². The smallest absolute Gasteiger partial charge is 0.358 e. The van der Waals surface area contributed by atoms with Crippen molar-refractivity contribution in [3.63, 3.8) is 0 Å². The number of benzene rings is 2. The van der Waals surface area contributed by atoms with Gasteiger partial charge < -0.3 is 9.84 Å². The lowest BCUT2D eigenvalue weighted by atomic mass is 9.99. The maximum absolute atomic E-state index is 11.7. The number of carboxylic acids is 1. The van der Waals surface area contributed by atoms with E-state index < -0.39 is 5.97 Å². The van der Waals surface area contributed by atoms with Crippen LogP contribution in [0.15, 0.2) is 42.5 Å². The highest BCUT2D eigenvalue weighted by atomic mass is 35.5. The zero-order valence-electron chi connectivity index (χ0n) is 16.0. The molecule has 1 N–H and O–H groups in total. The number of aromatic nitrogens is 3. The molecule has 29 heavy (non-hydrogen) atoms. The van der Waals surface area contributed by atoms with Crippen molar-refractivity contribution < 1.29 is 14.6 Å². The first kappa shape index (κ1) is 19.4. The molecule has 0 fully saturated rings. The molecule has 0 amide bonds. The minimum Gasteiger partial charge on any atom is -0.497 e. The van der Waals surface area contributed by atoms with Gasteiger partial charge in [-0.05, 0) is 47.4 Å². The van der Waals surface area contributed by atoms with Gasteiger partial charge in [0.15, 0.2) is 5.69 Å². The Bertz CT molecular complexity index is 1030. The Hall–Kier alpha value is -2.90. The highest BCUT2D eigenvalue weighted by molar-refractivity contribution is 6.30. The molecule has 0 spiro atoms. The second-order valence-electron chi connectivity index (χ2n) is 7.07. The van der Waals surface area contributed by atoms with E-state index in [1.807, 2.05) is 42.5 Å². The summed E-state index contributed by atoms with van der Waals surface area (Å²) in [4.78, 5) is 13.9. The van der Waals surface area contributed by atoms with Gasteiger partial charge in [0, 0.05) is 24.7 Å². The largest absolute Gasteiger partial charge is 0.497 e. The SMILES string of the molecule is COc1ccc(Cn2nnc(C(=O)O)c2CN2CCc3cc(Cl)ccc3C2)cc1. The van der Waals surface area contributed by atoms with E-state index in [0.717, 1.165) is 35.8 Å². The van der Waals surface area contributed by atoms with E-state index in [4.69, 9.17) is 16.3 Å². The highest BCUT2D eigenvalue weighted by Crippen LogP contribution is 2.24. The first-order valence-electron chi connectivity index (χ1n) is 9.31. The van der Waals surface area contributed by atoms with E-state index in [9.17, 15) is 9.90 Å². The van der Waals surface area contributed by atoms with Crippen LogP contribution in [0.25, 0.3) is 0 Å². The van der Waals surface area contributed by atoms with Gasteiger partial charge in [-0.15, -0.1) is 5.10 Å². The van der Waals surface area contributed by atoms with Crippen LogP contribution < -0.4 is 4.74 Å². The maximum Gasteiger partial charge on any atom is 0.358 e. The number of nitrogens with zero attached hydrogens (tertiary/aromatic N) is 4. The van der Waals surface area contributed by atoms with Gasteiger partial charge in [0.05, 0.1) is 19.3 Å². The summed E-state index contributed by atoms with van der Waals surface area (Å²) >= 11 is 6.09. The number of hydrogen-bond acceptors (Lipinski definition) is 5. The normalized spacial score (nSPS) is 13.9. The molecule has 1 aliphatic rings. The second-order valence-corrected chi connectivity index (χ2v) is 7.51. The first-order chi connectivity index (χ1) is 14.0. The molecule has 1 aliphatic heterocycles. The zero-order valence-corrected chi connectivity index (χ0v) is 16.8. The lowest BCUT2D eigenvalue weighted by molar-refractivity contribution is 0.0687. The highest BCUT2D eigenvalue weighted by Gasteiger charge is 2.24. The molecule has 2 aromatic carbocycles. The summed E-state index contributed by atoms with van der Waals surface area (Å²) in [7, 11) is 1.62. The minimum absolute atomic E-state index is 0.000384. The first-order valence-corrected chi connectivity index (χ1v) is 9.69. The fraction of sp³-hybridized carbons (Fsp3) is 0.286. The van der Waals surface area contributed by atoms with Gasteiger partial charge in [-0.25, -0.2) is 9.48 Å². The molecule has 0 saturated heterocycles. The molecule has 0 unspecified atom stereocenters. The van der Waals surface area contributed by atoms with E-state index in [0.29, 0.717) is 18.8 Å². The van der Waals surface area contributed by atoms with Crippen LogP contribution in [-0.4, -0.2) is 44.6 Å². The van der Waals surface area contributed by atoms with Gasteiger partial charge in [0.25, 0.3) is 0 Å². The van der Waals surface area contributed by atoms with Gasteiger partial charge in [-0.3, -0.25) is 4.90 Å². The van der Waals surface area contributed by atoms with Gasteiger partial charge in [0.1, 0.15) is 5.75 Å². The molecular formula is C21H21ClN4O3. The van der Waals surface area contributed by atoms with Crippen LogP contribution in [0.1, 0.15) is 32.9 Å². The minimum atomic E-state index is -1.06. The Labute approximate surface area is 173 Å². The van der Waals surface area contributed by atoms with E-state index in [-0.39, 0.29) is 5.69 Å². The summed E-state index contributed by atoms with van der Waals surface area (Å²) in [5, 5.41) is 18.3. The number of methoxy groups -OCH3 is 1. The van der Waals surface area contributed by atoms with Crippen LogP contribution in [0.5, 0.6) is 5.75 Å². The van der Waals surface area contributed by atoms with Crippen molar-refractivity contribution in [1.29, 1.82) is 0 Å². The second kappa shape index (κ2) is 8.23. The molecule has 8 heteroatoms. The molecule has 4 rings (SSSR count). The molecule has 0 bridgehead atoms. The zero-order chi connectivity index (χ0) is 20.4. The number of carbonyl (C=O) groups is 1. The third kappa shape index (κ3) is 4.26. The van der Waals surface area contributed by atoms with E-state index in [1.54, 1.807) is 11.8 Å². The Morgan fingerprint density at radius 1 is 1.17 bits per heavy atom. The topological polar surface area (TPSA) is 80.5 Å². The molecular weight excluding hydrogens is 392 g/mol.